The van der Waals surface area contributed by atoms with Gasteiger partial charge in [0.15, 0.2) is 0 Å². The number of carbonyl (C=O) groups is 7. The molecule has 8 atom stereocenters. The maximum absolute atomic E-state index is 14.2. The molecule has 0 bridgehead atoms. The van der Waals surface area contributed by atoms with E-state index in [0.717, 1.165) is 23.2 Å². The third kappa shape index (κ3) is 25.3. The standard InChI is InChI=1S/C37H48F2N6O6.C33H41F2N5O4.C10H6FN2O.Li.H2O/c1-24(42(6)36(49)51-37(3,4)5)33(46)41-32(25(2)50-7)35(48)45-19-8-9-30(45)21-43(20-18-26-10-12-27(38)13-11-26)34(47)31-22-44(23-40-31)29-16-14-28(39)15-17-29;1-5-22(2)31(41)37-30(23(3)44-4)33(43)40-17-6-7-28(40)19-38(18-16-24-8-10-25(34)11-9-24)32(42)29-20-39(21-36-29)27-14-12-26(35)13-15-27;11-8-1-3-10(4-2-8)13-5-9(6-14)12-7-13;;/h10-17,22-25,30,32H,8-9,18-21H2,1-7H3,(H,41,46);8-15,20-23,28,30H,5-7,16-19H2,1-4H3,(H,37,41);1-5,7H;;1H2/q;;-1;+1;/p-1/t24-,25+,30-,32-;22-,23-,28+,30+;;;/m01.../s1. The minimum atomic E-state index is -1.08. The minimum Gasteiger partial charge on any atom is -0.870 e. The van der Waals surface area contributed by atoms with Crippen LogP contribution in [0.4, 0.5) is 26.7 Å². The van der Waals surface area contributed by atoms with Crippen molar-refractivity contribution in [3.63, 3.8) is 0 Å². The van der Waals surface area contributed by atoms with Gasteiger partial charge in [0.25, 0.3) is 11.8 Å². The van der Waals surface area contributed by atoms with E-state index in [1.54, 1.807) is 154 Å². The SMILES string of the molecule is CC[C@@H](C)C(=O)N[C@H](C(=O)N1CCC[C@H]1CN(CCc1ccc(F)cc1)C(=O)c1cn(-c2ccc(F)cc2)cn1)[C@@H](C)OC.CO[C@H](C)[C@H](NC(=O)[C@H](C)N(C)C(=O)OC(C)(C)C)C(=O)N1CCC[C@H]1CN(CCc1ccc(F)cc1)C(=O)c1cn(-c2ccc(F)cc2)cn1.O=[C-]c1cn(-c2ccc(F)cc2)cn1.[Li+].[OH-]. The second kappa shape index (κ2) is 42.1. The summed E-state index contributed by atoms with van der Waals surface area (Å²) in [4.78, 5) is 125. The summed E-state index contributed by atoms with van der Waals surface area (Å²) in [5.74, 6) is -4.09. The van der Waals surface area contributed by atoms with E-state index in [0.29, 0.717) is 69.5 Å². The summed E-state index contributed by atoms with van der Waals surface area (Å²) < 4.78 is 87.9. The Morgan fingerprint density at radius 2 is 0.901 bits per heavy atom. The molecule has 590 valence electrons. The first-order chi connectivity index (χ1) is 52.0. The summed E-state index contributed by atoms with van der Waals surface area (Å²) in [5.41, 5.74) is 3.56. The van der Waals surface area contributed by atoms with E-state index in [1.165, 1.54) is 112 Å². The van der Waals surface area contributed by atoms with Crippen molar-refractivity contribution in [2.24, 2.45) is 5.92 Å². The molecule has 31 heteroatoms. The van der Waals surface area contributed by atoms with Crippen LogP contribution < -0.4 is 29.5 Å². The van der Waals surface area contributed by atoms with Gasteiger partial charge in [0, 0.05) is 114 Å². The molecule has 8 aromatic rings. The molecule has 111 heavy (non-hydrogen) atoms. The van der Waals surface area contributed by atoms with Crippen molar-refractivity contribution in [3.8, 4) is 17.1 Å². The topological polar surface area (TPSA) is 288 Å². The number of rotatable bonds is 28. The van der Waals surface area contributed by atoms with Crippen LogP contribution in [0.3, 0.4) is 0 Å². The van der Waals surface area contributed by atoms with E-state index in [1.807, 2.05) is 13.8 Å². The molecular weight excluding hydrogens is 1440 g/mol. The molecule has 3 N–H and O–H groups in total. The third-order valence-corrected chi connectivity index (χ3v) is 19.1. The number of likely N-dealkylation sites (N-methyl/N-ethyl adjacent to an activating group) is 1. The van der Waals surface area contributed by atoms with Crippen LogP contribution in [0.15, 0.2) is 159 Å². The maximum Gasteiger partial charge on any atom is 1.00 e. The number of nitrogens with one attached hydrogen (secondary N) is 2. The smallest absolute Gasteiger partial charge is 0.870 e. The van der Waals surface area contributed by atoms with Gasteiger partial charge in [0.1, 0.15) is 76.9 Å². The molecule has 2 saturated heterocycles. The van der Waals surface area contributed by atoms with Crippen LogP contribution in [0.5, 0.6) is 0 Å². The van der Waals surface area contributed by atoms with Gasteiger partial charge >= 0.3 is 25.0 Å². The van der Waals surface area contributed by atoms with E-state index in [4.69, 9.17) is 14.2 Å². The Labute approximate surface area is 655 Å². The van der Waals surface area contributed by atoms with Gasteiger partial charge in [-0.25, -0.2) is 36.7 Å². The Bertz CT molecular complexity index is 4340. The van der Waals surface area contributed by atoms with Crippen LogP contribution in [0, 0.1) is 35.0 Å². The number of amides is 7. The third-order valence-electron chi connectivity index (χ3n) is 19.1. The molecule has 0 spiro atoms. The zero-order chi connectivity index (χ0) is 79.2. The molecule has 5 aromatic carbocycles. The van der Waals surface area contributed by atoms with Crippen LogP contribution >= 0.6 is 0 Å². The first kappa shape index (κ1) is 89.5. The second-order valence-electron chi connectivity index (χ2n) is 27.9. The summed E-state index contributed by atoms with van der Waals surface area (Å²) in [7, 11) is 4.39. The number of benzene rings is 5. The summed E-state index contributed by atoms with van der Waals surface area (Å²) in [6.45, 7) is 15.8. The Morgan fingerprint density at radius 1 is 0.550 bits per heavy atom. The molecule has 0 radical (unpaired) electrons. The average molecular weight is 1530 g/mol. The predicted molar refractivity (Wildman–Crippen MR) is 398 cm³/mol. The monoisotopic (exact) mass is 1530 g/mol. The van der Waals surface area contributed by atoms with Crippen LogP contribution in [0.1, 0.15) is 125 Å². The van der Waals surface area contributed by atoms with E-state index in [9.17, 15) is 60.3 Å². The Hall–Kier alpha value is -10.4. The summed E-state index contributed by atoms with van der Waals surface area (Å²) in [5, 5.41) is 5.67. The fourth-order valence-corrected chi connectivity index (χ4v) is 12.2. The van der Waals surface area contributed by atoms with E-state index < -0.39 is 47.9 Å². The number of hydrogen-bond acceptors (Lipinski definition) is 15. The van der Waals surface area contributed by atoms with E-state index >= 15 is 0 Å². The molecule has 0 saturated carbocycles. The van der Waals surface area contributed by atoms with Gasteiger partial charge in [0.05, 0.1) is 18.5 Å². The minimum absolute atomic E-state index is 0. The second-order valence-corrected chi connectivity index (χ2v) is 27.9. The molecule has 7 amide bonds. The zero-order valence-electron chi connectivity index (χ0n) is 64.6. The number of carbonyl (C=O) groups excluding carboxylic acids is 8. The van der Waals surface area contributed by atoms with Gasteiger partial charge in [-0.3, -0.25) is 38.7 Å². The van der Waals surface area contributed by atoms with E-state index in [2.05, 4.69) is 25.6 Å². The van der Waals surface area contributed by atoms with Crippen molar-refractivity contribution in [3.05, 3.63) is 216 Å². The predicted octanol–water partition coefficient (Wildman–Crippen LogP) is 7.29. The summed E-state index contributed by atoms with van der Waals surface area (Å²) in [6, 6.07) is 26.1. The average Bonchev–Trinajstić information content (AvgIpc) is 1.73. The molecule has 5 heterocycles. The molecule has 3 aromatic heterocycles. The van der Waals surface area contributed by atoms with Gasteiger partial charge in [-0.15, -0.1) is 6.20 Å². The quantitative estimate of drug-likeness (QED) is 0.0276. The summed E-state index contributed by atoms with van der Waals surface area (Å²) in [6.07, 6.45) is 13.1. The molecule has 2 aliphatic heterocycles. The van der Waals surface area contributed by atoms with Crippen molar-refractivity contribution < 1.29 is 98.9 Å². The molecular formula is C80H96F5LiN13O12-. The van der Waals surface area contributed by atoms with E-state index in [-0.39, 0.29) is 138 Å². The van der Waals surface area contributed by atoms with Crippen molar-refractivity contribution in [2.45, 2.75) is 148 Å². The van der Waals surface area contributed by atoms with Crippen LogP contribution in [0.2, 0.25) is 0 Å². The maximum atomic E-state index is 14.2. The molecule has 10 rings (SSSR count). The zero-order valence-corrected chi connectivity index (χ0v) is 64.6. The van der Waals surface area contributed by atoms with Crippen LogP contribution in [0.25, 0.3) is 17.1 Å². The first-order valence-electron chi connectivity index (χ1n) is 36.1. The summed E-state index contributed by atoms with van der Waals surface area (Å²) >= 11 is 0. The molecule has 25 nitrogen and oxygen atoms in total. The normalized spacial score (nSPS) is 15.4. The Morgan fingerprint density at radius 3 is 1.24 bits per heavy atom. The van der Waals surface area contributed by atoms with Gasteiger partial charge in [-0.2, -0.15) is 0 Å². The van der Waals surface area contributed by atoms with Crippen LogP contribution in [-0.4, -0.2) is 215 Å². The van der Waals surface area contributed by atoms with Gasteiger partial charge in [-0.05, 0) is 200 Å². The number of methoxy groups -OCH3 is 2. The van der Waals surface area contributed by atoms with Gasteiger partial charge in [0.2, 0.25) is 23.6 Å². The number of nitrogens with zero attached hydrogens (tertiary/aromatic N) is 11. The number of aromatic nitrogens is 6. The largest absolute Gasteiger partial charge is 1.00 e. The Kier molecular flexibility index (Phi) is 34.0. The van der Waals surface area contributed by atoms with Gasteiger partial charge in [-0.1, -0.05) is 38.1 Å². The van der Waals surface area contributed by atoms with Crippen molar-refractivity contribution >= 4 is 47.8 Å². The number of likely N-dealkylation sites (tertiary alicyclic amines) is 2. The molecule has 2 fully saturated rings. The number of ether oxygens (including phenoxy) is 3. The first-order valence-corrected chi connectivity index (χ1v) is 36.1. The van der Waals surface area contributed by atoms with Crippen molar-refractivity contribution in [1.82, 2.24) is 63.8 Å². The fraction of sp³-hybridized carbons (Fsp3) is 0.412. The molecule has 0 aliphatic carbocycles. The fourth-order valence-electron chi connectivity index (χ4n) is 12.2. The molecule has 2 aliphatic rings. The van der Waals surface area contributed by atoms with Gasteiger partial charge < -0.3 is 68.4 Å². The van der Waals surface area contributed by atoms with Crippen LogP contribution in [-0.2, 0) is 51.0 Å². The number of imidazole rings is 3. The van der Waals surface area contributed by atoms with Crippen molar-refractivity contribution in [1.29, 1.82) is 0 Å². The van der Waals surface area contributed by atoms with Crippen molar-refractivity contribution in [2.75, 3.05) is 60.5 Å². The Balaban J connectivity index is 0.000000291. The number of hydrogen-bond donors (Lipinski definition) is 2. The molecule has 0 unspecified atom stereocenters. The number of halogens is 5.